The summed E-state index contributed by atoms with van der Waals surface area (Å²) in [7, 11) is 4.26. The third-order valence-electron chi connectivity index (χ3n) is 7.22. The lowest BCUT2D eigenvalue weighted by Gasteiger charge is -2.24. The molecule has 0 fully saturated rings. The van der Waals surface area contributed by atoms with Gasteiger partial charge in [-0.05, 0) is 43.7 Å². The topological polar surface area (TPSA) is 26.6 Å². The molecule has 0 spiro atoms. The smallest absolute Gasteiger partial charge is 0.328 e. The van der Waals surface area contributed by atoms with Crippen LogP contribution in [-0.2, 0) is 19.5 Å². The molecule has 0 aliphatic carbocycles. The summed E-state index contributed by atoms with van der Waals surface area (Å²) in [6.45, 7) is 16.0. The maximum atomic E-state index is 4.79. The third kappa shape index (κ3) is 3.89. The van der Waals surface area contributed by atoms with Gasteiger partial charge in [0.15, 0.2) is 5.69 Å². The first-order valence-corrected chi connectivity index (χ1v) is 12.3. The van der Waals surface area contributed by atoms with E-state index < -0.39 is 0 Å². The molecule has 2 heterocycles. The molecule has 0 aliphatic rings. The second-order valence-corrected chi connectivity index (χ2v) is 10.7. The third-order valence-corrected chi connectivity index (χ3v) is 7.22. The second-order valence-electron chi connectivity index (χ2n) is 10.7. The lowest BCUT2D eigenvalue weighted by atomic mass is 9.79. The van der Waals surface area contributed by atoms with Crippen LogP contribution in [0.2, 0.25) is 0 Å². The zero-order valence-corrected chi connectivity index (χ0v) is 22.2. The molecule has 2 aromatic heterocycles. The van der Waals surface area contributed by atoms with Gasteiger partial charge in [-0.1, -0.05) is 70.2 Å². The van der Waals surface area contributed by atoms with E-state index >= 15 is 0 Å². The van der Waals surface area contributed by atoms with Crippen LogP contribution in [0.3, 0.4) is 0 Å². The number of para-hydroxylation sites is 1. The molecule has 0 amide bonds. The molecule has 4 nitrogen and oxygen atoms in total. The number of hydrogen-bond acceptors (Lipinski definition) is 1. The average Bonchev–Trinajstić information content (AvgIpc) is 3.35. The van der Waals surface area contributed by atoms with E-state index in [9.17, 15) is 0 Å². The second kappa shape index (κ2) is 8.90. The Morgan fingerprint density at radius 1 is 0.882 bits per heavy atom. The van der Waals surface area contributed by atoms with Crippen molar-refractivity contribution < 1.29 is 4.57 Å². The molecule has 0 unspecified atom stereocenters. The summed E-state index contributed by atoms with van der Waals surface area (Å²) in [6, 6.07) is 15.5. The van der Waals surface area contributed by atoms with E-state index in [1.165, 1.54) is 33.6 Å². The van der Waals surface area contributed by atoms with Gasteiger partial charge in [-0.3, -0.25) is 0 Å². The molecule has 0 atom stereocenters. The number of aryl methyl sites for hydroxylation is 2. The van der Waals surface area contributed by atoms with Crippen LogP contribution in [0.15, 0.2) is 61.1 Å². The normalized spacial score (nSPS) is 12.2. The van der Waals surface area contributed by atoms with Crippen molar-refractivity contribution in [3.8, 4) is 17.3 Å². The fourth-order valence-electron chi connectivity index (χ4n) is 5.34. The van der Waals surface area contributed by atoms with Crippen LogP contribution in [0.5, 0.6) is 0 Å². The van der Waals surface area contributed by atoms with Crippen molar-refractivity contribution in [2.45, 2.75) is 65.7 Å². The zero-order chi connectivity index (χ0) is 24.8. The van der Waals surface area contributed by atoms with E-state index in [2.05, 4.69) is 125 Å². The van der Waals surface area contributed by atoms with Crippen molar-refractivity contribution in [3.05, 3.63) is 89.0 Å². The average molecular weight is 456 g/mol. The minimum atomic E-state index is -0.184. The summed E-state index contributed by atoms with van der Waals surface area (Å²) in [4.78, 5) is 4.79. The molecule has 0 N–H and O–H groups in total. The Kier molecular flexibility index (Phi) is 6.28. The largest absolute Gasteiger partial charge is 0.330 e. The molecule has 0 saturated heterocycles. The van der Waals surface area contributed by atoms with Crippen LogP contribution < -0.4 is 4.57 Å². The molecule has 0 saturated carbocycles. The van der Waals surface area contributed by atoms with Crippen molar-refractivity contribution in [3.63, 3.8) is 0 Å². The highest BCUT2D eigenvalue weighted by Gasteiger charge is 2.38. The molecule has 178 valence electrons. The van der Waals surface area contributed by atoms with E-state index in [-0.39, 0.29) is 5.41 Å². The Morgan fingerprint density at radius 2 is 1.50 bits per heavy atom. The summed E-state index contributed by atoms with van der Waals surface area (Å²) in [5.74, 6) is 2.87. The fraction of sp³-hybridized carbons (Fsp3) is 0.400. The van der Waals surface area contributed by atoms with Crippen LogP contribution in [0.4, 0.5) is 0 Å². The van der Waals surface area contributed by atoms with Gasteiger partial charge >= 0.3 is 5.82 Å². The molecule has 4 heteroatoms. The summed E-state index contributed by atoms with van der Waals surface area (Å²) in [5.41, 5.74) is 7.73. The van der Waals surface area contributed by atoms with Crippen LogP contribution in [-0.4, -0.2) is 14.1 Å². The molecular formula is C30H39N4+. The van der Waals surface area contributed by atoms with Gasteiger partial charge in [-0.2, -0.15) is 4.57 Å². The molecule has 2 aromatic carbocycles. The van der Waals surface area contributed by atoms with Gasteiger partial charge in [0.1, 0.15) is 11.9 Å². The molecule has 34 heavy (non-hydrogen) atoms. The molecule has 4 rings (SSSR count). The van der Waals surface area contributed by atoms with E-state index in [1.54, 1.807) is 0 Å². The summed E-state index contributed by atoms with van der Waals surface area (Å²) in [5, 5.41) is 0. The highest BCUT2D eigenvalue weighted by molar-refractivity contribution is 5.51. The Morgan fingerprint density at radius 3 is 2.03 bits per heavy atom. The Bertz CT molecular complexity index is 1290. The maximum Gasteiger partial charge on any atom is 0.330 e. The molecule has 0 bridgehead atoms. The van der Waals surface area contributed by atoms with E-state index in [0.29, 0.717) is 11.8 Å². The lowest BCUT2D eigenvalue weighted by molar-refractivity contribution is -0.585. The first-order chi connectivity index (χ1) is 16.1. The van der Waals surface area contributed by atoms with E-state index in [4.69, 9.17) is 4.98 Å². The summed E-state index contributed by atoms with van der Waals surface area (Å²) in [6.07, 6.45) is 6.26. The number of imidazole rings is 2. The molecule has 0 aliphatic heterocycles. The maximum absolute atomic E-state index is 4.79. The zero-order valence-electron chi connectivity index (χ0n) is 22.2. The van der Waals surface area contributed by atoms with Crippen molar-refractivity contribution >= 4 is 0 Å². The molecule has 0 radical (unpaired) electrons. The van der Waals surface area contributed by atoms with Crippen LogP contribution >= 0.6 is 0 Å². The summed E-state index contributed by atoms with van der Waals surface area (Å²) >= 11 is 0. The predicted molar refractivity (Wildman–Crippen MR) is 141 cm³/mol. The molecular weight excluding hydrogens is 416 g/mol. The van der Waals surface area contributed by atoms with Crippen LogP contribution in [0.1, 0.15) is 81.3 Å². The van der Waals surface area contributed by atoms with Gasteiger partial charge in [-0.25, -0.2) is 9.55 Å². The Labute approximate surface area is 204 Å². The molecule has 4 aromatic rings. The van der Waals surface area contributed by atoms with Gasteiger partial charge in [0, 0.05) is 30.6 Å². The fourth-order valence-corrected chi connectivity index (χ4v) is 5.34. The van der Waals surface area contributed by atoms with Gasteiger partial charge in [-0.15, -0.1) is 0 Å². The van der Waals surface area contributed by atoms with Gasteiger partial charge < -0.3 is 4.57 Å². The first kappa shape index (κ1) is 24.0. The van der Waals surface area contributed by atoms with E-state index in [0.717, 1.165) is 11.6 Å². The Hall–Kier alpha value is -3.14. The minimum Gasteiger partial charge on any atom is -0.328 e. The first-order valence-electron chi connectivity index (χ1n) is 12.3. The van der Waals surface area contributed by atoms with Crippen LogP contribution in [0, 0.1) is 6.92 Å². The van der Waals surface area contributed by atoms with Crippen molar-refractivity contribution in [2.24, 2.45) is 14.1 Å². The number of nitrogens with zero attached hydrogens (tertiary/aromatic N) is 4. The van der Waals surface area contributed by atoms with Gasteiger partial charge in [0.2, 0.25) is 5.82 Å². The predicted octanol–water partition coefficient (Wildman–Crippen LogP) is 6.58. The Balaban J connectivity index is 2.11. The van der Waals surface area contributed by atoms with Crippen molar-refractivity contribution in [1.82, 2.24) is 14.1 Å². The minimum absolute atomic E-state index is 0.184. The summed E-state index contributed by atoms with van der Waals surface area (Å²) < 4.78 is 6.86. The number of benzene rings is 2. The number of aromatic nitrogens is 4. The standard InChI is InChI=1S/C30H39N4/c1-20(2)23-14-12-15-24(21(3)4)27(23)34-19-26(30(6,7)25-16-11-10-13-22(25)5)33(9)29(34)28-31-17-18-32(28)8/h10-21H,1-9H3/q+1. The van der Waals surface area contributed by atoms with Crippen molar-refractivity contribution in [2.75, 3.05) is 0 Å². The SMILES string of the molecule is Cc1ccccc1C(C)(C)c1c[n+](-c2c(C(C)C)cccc2C(C)C)c(-c2nccn2C)n1C. The van der Waals surface area contributed by atoms with E-state index in [1.807, 2.05) is 12.4 Å². The highest BCUT2D eigenvalue weighted by atomic mass is 15.2. The van der Waals surface area contributed by atoms with Gasteiger partial charge in [0.25, 0.3) is 0 Å². The highest BCUT2D eigenvalue weighted by Crippen LogP contribution is 2.36. The monoisotopic (exact) mass is 455 g/mol. The number of hydrogen-bond donors (Lipinski definition) is 0. The van der Waals surface area contributed by atoms with Gasteiger partial charge in [0.05, 0.1) is 12.5 Å². The number of rotatable bonds is 6. The van der Waals surface area contributed by atoms with Crippen molar-refractivity contribution in [1.29, 1.82) is 0 Å². The lowest BCUT2D eigenvalue weighted by Crippen LogP contribution is -2.36. The van der Waals surface area contributed by atoms with Crippen LogP contribution in [0.25, 0.3) is 17.3 Å². The quantitative estimate of drug-likeness (QED) is 0.302.